The number of aliphatic hydroxyl groups is 1. The van der Waals surface area contributed by atoms with Gasteiger partial charge in [-0.3, -0.25) is 4.79 Å². The maximum absolute atomic E-state index is 13.6. The molecule has 9 heteroatoms. The van der Waals surface area contributed by atoms with Crippen molar-refractivity contribution in [2.45, 2.75) is 32.7 Å². The molecule has 0 fully saturated rings. The van der Waals surface area contributed by atoms with Gasteiger partial charge in [-0.25, -0.2) is 4.68 Å². The molecule has 0 saturated carbocycles. The number of carbonyl (C=O) groups is 1. The molecule has 3 N–H and O–H groups in total. The number of allylic oxidation sites excluding steroid dienone is 1. The van der Waals surface area contributed by atoms with Crippen molar-refractivity contribution in [2.75, 3.05) is 31.0 Å². The maximum Gasteiger partial charge on any atom is 0.255 e. The van der Waals surface area contributed by atoms with Crippen molar-refractivity contribution in [2.24, 2.45) is 0 Å². The van der Waals surface area contributed by atoms with Crippen molar-refractivity contribution in [1.29, 1.82) is 0 Å². The molecule has 2 aromatic carbocycles. The fraction of sp³-hybridized carbons (Fsp3) is 0.320. The number of amides is 1. The number of ether oxygens (including phenoxy) is 2. The zero-order chi connectivity index (χ0) is 24.1. The second-order valence-electron chi connectivity index (χ2n) is 7.84. The fourth-order valence-electron chi connectivity index (χ4n) is 3.99. The standard InChI is InChI=1S/C25H29N5O4/c1-4-34-20-9-6-5-8-19(20)23-22(24(32)27-17-11-13-18(33-3)14-12-17)16(2)26-25-28-21(10-7-15-31)29-30(23)25/h5-6,8-9,11-14,23,31H,4,7,10,15H2,1-3H3,(H,27,32)(H,26,28,29)/t23-/m0/s1. The average molecular weight is 464 g/mol. The van der Waals surface area contributed by atoms with Crippen molar-refractivity contribution in [3.8, 4) is 11.5 Å². The smallest absolute Gasteiger partial charge is 0.255 e. The number of aryl methyl sites for hydroxylation is 1. The van der Waals surface area contributed by atoms with Gasteiger partial charge >= 0.3 is 0 Å². The fourth-order valence-corrected chi connectivity index (χ4v) is 3.99. The van der Waals surface area contributed by atoms with Gasteiger partial charge in [-0.05, 0) is 50.6 Å². The number of aliphatic hydroxyl groups excluding tert-OH is 1. The van der Waals surface area contributed by atoms with Gasteiger partial charge in [0.1, 0.15) is 17.5 Å². The van der Waals surface area contributed by atoms with E-state index in [1.54, 1.807) is 36.1 Å². The molecule has 2 heterocycles. The molecule has 0 unspecified atom stereocenters. The minimum Gasteiger partial charge on any atom is -0.497 e. The Morgan fingerprint density at radius 2 is 1.97 bits per heavy atom. The summed E-state index contributed by atoms with van der Waals surface area (Å²) in [6, 6.07) is 14.3. The monoisotopic (exact) mass is 463 g/mol. The number of methoxy groups -OCH3 is 1. The van der Waals surface area contributed by atoms with Crippen LogP contribution in [0.1, 0.15) is 37.7 Å². The number of benzene rings is 2. The number of nitrogens with one attached hydrogen (secondary N) is 2. The Labute approximate surface area is 198 Å². The lowest BCUT2D eigenvalue weighted by Gasteiger charge is -2.29. The maximum atomic E-state index is 13.6. The van der Waals surface area contributed by atoms with E-state index in [0.717, 1.165) is 5.56 Å². The van der Waals surface area contributed by atoms with Crippen LogP contribution in [0.2, 0.25) is 0 Å². The first-order chi connectivity index (χ1) is 16.5. The third-order valence-corrected chi connectivity index (χ3v) is 5.56. The summed E-state index contributed by atoms with van der Waals surface area (Å²) in [6.07, 6.45) is 1.09. The molecular weight excluding hydrogens is 434 g/mol. The van der Waals surface area contributed by atoms with E-state index in [9.17, 15) is 9.90 Å². The van der Waals surface area contributed by atoms with Crippen molar-refractivity contribution < 1.29 is 19.4 Å². The SMILES string of the molecule is CCOc1ccccc1[C@H]1C(C(=O)Nc2ccc(OC)cc2)=C(C)Nc2nc(CCCO)nn21. The summed E-state index contributed by atoms with van der Waals surface area (Å²) >= 11 is 0. The minimum atomic E-state index is -0.548. The lowest BCUT2D eigenvalue weighted by atomic mass is 9.94. The Bertz CT molecular complexity index is 1190. The van der Waals surface area contributed by atoms with Crippen molar-refractivity contribution in [1.82, 2.24) is 14.8 Å². The average Bonchev–Trinajstić information content (AvgIpc) is 3.25. The van der Waals surface area contributed by atoms with E-state index < -0.39 is 6.04 Å². The molecule has 178 valence electrons. The molecule has 1 atom stereocenters. The van der Waals surface area contributed by atoms with Gasteiger partial charge in [0.15, 0.2) is 5.82 Å². The molecule has 9 nitrogen and oxygen atoms in total. The molecule has 1 aliphatic heterocycles. The van der Waals surface area contributed by atoms with Gasteiger partial charge in [-0.2, -0.15) is 10.1 Å². The number of aromatic nitrogens is 3. The predicted octanol–water partition coefficient (Wildman–Crippen LogP) is 3.54. The van der Waals surface area contributed by atoms with E-state index in [2.05, 4.69) is 20.7 Å². The van der Waals surface area contributed by atoms with Crippen LogP contribution in [0.15, 0.2) is 59.8 Å². The second kappa shape index (κ2) is 10.4. The highest BCUT2D eigenvalue weighted by Gasteiger charge is 2.35. The van der Waals surface area contributed by atoms with Crippen molar-refractivity contribution in [3.05, 3.63) is 71.2 Å². The quantitative estimate of drug-likeness (QED) is 0.445. The molecule has 0 bridgehead atoms. The van der Waals surface area contributed by atoms with Gasteiger partial charge in [0.2, 0.25) is 5.95 Å². The molecule has 0 aliphatic carbocycles. The van der Waals surface area contributed by atoms with Gasteiger partial charge < -0.3 is 25.2 Å². The van der Waals surface area contributed by atoms with Crippen LogP contribution >= 0.6 is 0 Å². The highest BCUT2D eigenvalue weighted by Crippen LogP contribution is 2.39. The number of para-hydroxylation sites is 1. The molecule has 1 amide bonds. The zero-order valence-corrected chi connectivity index (χ0v) is 19.5. The largest absolute Gasteiger partial charge is 0.497 e. The highest BCUT2D eigenvalue weighted by atomic mass is 16.5. The van der Waals surface area contributed by atoms with Crippen LogP contribution < -0.4 is 20.1 Å². The first kappa shape index (κ1) is 23.3. The molecule has 1 aliphatic rings. The van der Waals surface area contributed by atoms with E-state index in [-0.39, 0.29) is 12.5 Å². The summed E-state index contributed by atoms with van der Waals surface area (Å²) in [5.41, 5.74) is 2.64. The first-order valence-electron chi connectivity index (χ1n) is 11.3. The van der Waals surface area contributed by atoms with Gasteiger partial charge in [0.25, 0.3) is 5.91 Å². The molecule has 0 spiro atoms. The Morgan fingerprint density at radius 1 is 1.21 bits per heavy atom. The van der Waals surface area contributed by atoms with Gasteiger partial charge in [-0.15, -0.1) is 0 Å². The predicted molar refractivity (Wildman–Crippen MR) is 129 cm³/mol. The number of nitrogens with zero attached hydrogens (tertiary/aromatic N) is 3. The van der Waals surface area contributed by atoms with Gasteiger partial charge in [0, 0.05) is 30.0 Å². The third-order valence-electron chi connectivity index (χ3n) is 5.56. The molecule has 34 heavy (non-hydrogen) atoms. The molecule has 4 rings (SSSR count). The van der Waals surface area contributed by atoms with Gasteiger partial charge in [0.05, 0.1) is 19.3 Å². The molecule has 0 radical (unpaired) electrons. The summed E-state index contributed by atoms with van der Waals surface area (Å²) in [4.78, 5) is 18.2. The zero-order valence-electron chi connectivity index (χ0n) is 19.5. The Hall–Kier alpha value is -3.85. The van der Waals surface area contributed by atoms with Crippen LogP contribution in [0.3, 0.4) is 0 Å². The van der Waals surface area contributed by atoms with E-state index in [4.69, 9.17) is 9.47 Å². The van der Waals surface area contributed by atoms with Crippen LogP contribution in [0.25, 0.3) is 0 Å². The third kappa shape index (κ3) is 4.74. The number of hydrogen-bond donors (Lipinski definition) is 3. The van der Waals surface area contributed by atoms with E-state index in [1.165, 1.54) is 0 Å². The summed E-state index contributed by atoms with van der Waals surface area (Å²) in [6.45, 7) is 4.32. The first-order valence-corrected chi connectivity index (χ1v) is 11.3. The lowest BCUT2D eigenvalue weighted by molar-refractivity contribution is -0.113. The van der Waals surface area contributed by atoms with E-state index in [1.807, 2.05) is 38.1 Å². The number of rotatable bonds is 9. The van der Waals surface area contributed by atoms with Crippen LogP contribution in [-0.2, 0) is 11.2 Å². The normalized spacial score (nSPS) is 14.9. The second-order valence-corrected chi connectivity index (χ2v) is 7.84. The molecular formula is C25H29N5O4. The summed E-state index contributed by atoms with van der Waals surface area (Å²) in [5.74, 6) is 2.27. The molecule has 1 aromatic heterocycles. The van der Waals surface area contributed by atoms with Gasteiger partial charge in [-0.1, -0.05) is 18.2 Å². The molecule has 0 saturated heterocycles. The number of fused-ring (bicyclic) bond motifs is 1. The Balaban J connectivity index is 1.76. The van der Waals surface area contributed by atoms with Crippen molar-refractivity contribution in [3.63, 3.8) is 0 Å². The highest BCUT2D eigenvalue weighted by molar-refractivity contribution is 6.06. The minimum absolute atomic E-state index is 0.0562. The lowest BCUT2D eigenvalue weighted by Crippen LogP contribution is -2.31. The number of carbonyl (C=O) groups excluding carboxylic acids is 1. The number of anilines is 2. The van der Waals surface area contributed by atoms with Crippen LogP contribution in [-0.4, -0.2) is 46.1 Å². The van der Waals surface area contributed by atoms with Crippen molar-refractivity contribution >= 4 is 17.5 Å². The van der Waals surface area contributed by atoms with Crippen LogP contribution in [0.4, 0.5) is 11.6 Å². The Morgan fingerprint density at radius 3 is 2.68 bits per heavy atom. The van der Waals surface area contributed by atoms with E-state index in [0.29, 0.717) is 59.7 Å². The number of hydrogen-bond acceptors (Lipinski definition) is 7. The van der Waals surface area contributed by atoms with E-state index >= 15 is 0 Å². The topological polar surface area (TPSA) is 111 Å². The van der Waals surface area contributed by atoms with Crippen LogP contribution in [0, 0.1) is 0 Å². The summed E-state index contributed by atoms with van der Waals surface area (Å²) in [7, 11) is 1.60. The summed E-state index contributed by atoms with van der Waals surface area (Å²) < 4.78 is 12.8. The molecule has 3 aromatic rings. The van der Waals surface area contributed by atoms with Crippen LogP contribution in [0.5, 0.6) is 11.5 Å². The summed E-state index contributed by atoms with van der Waals surface area (Å²) in [5, 5.41) is 20.1. The Kier molecular flexibility index (Phi) is 7.12.